The second-order valence-electron chi connectivity index (χ2n) is 5.38. The van der Waals surface area contributed by atoms with E-state index >= 15 is 0 Å². The average molecular weight is 351 g/mol. The molecule has 4 rings (SSSR count). The molecule has 0 aliphatic carbocycles. The molecule has 2 aromatic carbocycles. The van der Waals surface area contributed by atoms with Crippen LogP contribution < -0.4 is 0 Å². The molecule has 0 unspecified atom stereocenters. The lowest BCUT2D eigenvalue weighted by Crippen LogP contribution is -2.09. The molecule has 0 radical (unpaired) electrons. The van der Waals surface area contributed by atoms with Gasteiger partial charge in [-0.25, -0.2) is 13.9 Å². The summed E-state index contributed by atoms with van der Waals surface area (Å²) < 4.78 is 15.8. The maximum absolute atomic E-state index is 14.3. The highest BCUT2D eigenvalue weighted by Crippen LogP contribution is 2.27. The molecule has 0 atom stereocenters. The molecule has 0 saturated heterocycles. The van der Waals surface area contributed by atoms with Crippen molar-refractivity contribution in [1.82, 2.24) is 9.78 Å². The highest BCUT2D eigenvalue weighted by molar-refractivity contribution is 6.15. The number of aromatic carboxylic acids is 1. The molecule has 0 amide bonds. The topological polar surface area (TPSA) is 67.5 Å². The Labute approximate surface area is 150 Å². The lowest BCUT2D eigenvalue weighted by molar-refractivity contribution is 0.0695. The first kappa shape index (κ1) is 17.5. The van der Waals surface area contributed by atoms with E-state index in [9.17, 15) is 14.3 Å². The molecule has 132 valence electrons. The van der Waals surface area contributed by atoms with E-state index in [1.54, 1.807) is 22.9 Å². The number of fused-ring (bicyclic) bond motifs is 3. The zero-order chi connectivity index (χ0) is 18.7. The number of nitrogens with zero attached hydrogens (tertiary/aromatic N) is 3. The van der Waals surface area contributed by atoms with Crippen molar-refractivity contribution >= 4 is 11.7 Å². The molecule has 6 heteroatoms. The van der Waals surface area contributed by atoms with Gasteiger partial charge >= 0.3 is 5.97 Å². The SMILES string of the molecule is CC.O=C(O)c1cnn2c1CN=C(c1ccccc1F)c1ccccc1-2. The van der Waals surface area contributed by atoms with E-state index in [-0.39, 0.29) is 17.9 Å². The van der Waals surface area contributed by atoms with Crippen LogP contribution in [-0.2, 0) is 6.54 Å². The lowest BCUT2D eigenvalue weighted by Gasteiger charge is -2.11. The lowest BCUT2D eigenvalue weighted by atomic mass is 10.0. The number of carboxylic acid groups (broad SMARTS) is 1. The van der Waals surface area contributed by atoms with Crippen LogP contribution in [0.4, 0.5) is 4.39 Å². The van der Waals surface area contributed by atoms with Crippen LogP contribution in [0.1, 0.15) is 41.0 Å². The number of rotatable bonds is 2. The number of hydrogen-bond acceptors (Lipinski definition) is 3. The van der Waals surface area contributed by atoms with E-state index in [0.717, 1.165) is 0 Å². The van der Waals surface area contributed by atoms with Crippen molar-refractivity contribution in [3.8, 4) is 5.69 Å². The van der Waals surface area contributed by atoms with Gasteiger partial charge in [0.15, 0.2) is 0 Å². The van der Waals surface area contributed by atoms with Gasteiger partial charge in [-0.1, -0.05) is 44.2 Å². The van der Waals surface area contributed by atoms with Gasteiger partial charge in [0, 0.05) is 11.1 Å². The van der Waals surface area contributed by atoms with Crippen LogP contribution in [0.25, 0.3) is 5.69 Å². The molecular weight excluding hydrogens is 333 g/mol. The van der Waals surface area contributed by atoms with Crippen molar-refractivity contribution in [2.45, 2.75) is 20.4 Å². The number of aromatic nitrogens is 2. The molecule has 1 N–H and O–H groups in total. The van der Waals surface area contributed by atoms with Crippen molar-refractivity contribution in [3.05, 3.63) is 82.9 Å². The van der Waals surface area contributed by atoms with Gasteiger partial charge in [-0.3, -0.25) is 4.99 Å². The minimum atomic E-state index is -1.06. The minimum Gasteiger partial charge on any atom is -0.478 e. The predicted octanol–water partition coefficient (Wildman–Crippen LogP) is 4.09. The predicted molar refractivity (Wildman–Crippen MR) is 97.6 cm³/mol. The summed E-state index contributed by atoms with van der Waals surface area (Å²) >= 11 is 0. The van der Waals surface area contributed by atoms with Gasteiger partial charge in [0.25, 0.3) is 0 Å². The van der Waals surface area contributed by atoms with Crippen LogP contribution in [0.2, 0.25) is 0 Å². The quantitative estimate of drug-likeness (QED) is 0.756. The van der Waals surface area contributed by atoms with E-state index < -0.39 is 5.97 Å². The number of para-hydroxylation sites is 1. The summed E-state index contributed by atoms with van der Waals surface area (Å²) in [4.78, 5) is 15.9. The molecular formula is C20H18FN3O2. The summed E-state index contributed by atoms with van der Waals surface area (Å²) in [5.41, 5.74) is 2.84. The van der Waals surface area contributed by atoms with Gasteiger partial charge in [0.05, 0.1) is 29.8 Å². The number of carboxylic acids is 1. The van der Waals surface area contributed by atoms with Gasteiger partial charge in [0.1, 0.15) is 11.4 Å². The average Bonchev–Trinajstić information content (AvgIpc) is 3.02. The maximum Gasteiger partial charge on any atom is 0.339 e. The summed E-state index contributed by atoms with van der Waals surface area (Å²) in [5.74, 6) is -1.43. The van der Waals surface area contributed by atoms with Gasteiger partial charge in [-0.2, -0.15) is 5.10 Å². The Morgan fingerprint density at radius 2 is 1.73 bits per heavy atom. The fraction of sp³-hybridized carbons (Fsp3) is 0.150. The van der Waals surface area contributed by atoms with Crippen molar-refractivity contribution in [1.29, 1.82) is 0 Å². The van der Waals surface area contributed by atoms with Crippen molar-refractivity contribution in [3.63, 3.8) is 0 Å². The van der Waals surface area contributed by atoms with Crippen LogP contribution in [0.5, 0.6) is 0 Å². The van der Waals surface area contributed by atoms with Crippen LogP contribution >= 0.6 is 0 Å². The largest absolute Gasteiger partial charge is 0.478 e. The normalized spacial score (nSPS) is 12.0. The fourth-order valence-corrected chi connectivity index (χ4v) is 2.89. The van der Waals surface area contributed by atoms with Crippen LogP contribution in [0, 0.1) is 5.82 Å². The van der Waals surface area contributed by atoms with Gasteiger partial charge in [0.2, 0.25) is 0 Å². The van der Waals surface area contributed by atoms with Crippen LogP contribution in [0.15, 0.2) is 59.7 Å². The third-order valence-electron chi connectivity index (χ3n) is 4.00. The van der Waals surface area contributed by atoms with E-state index in [1.807, 2.05) is 38.1 Å². The van der Waals surface area contributed by atoms with E-state index in [1.165, 1.54) is 12.3 Å². The summed E-state index contributed by atoms with van der Waals surface area (Å²) in [5, 5.41) is 13.5. The minimum absolute atomic E-state index is 0.100. The first-order valence-corrected chi connectivity index (χ1v) is 8.36. The zero-order valence-electron chi connectivity index (χ0n) is 14.5. The molecule has 1 aliphatic heterocycles. The third kappa shape index (κ3) is 2.90. The van der Waals surface area contributed by atoms with Crippen molar-refractivity contribution in [2.75, 3.05) is 0 Å². The van der Waals surface area contributed by atoms with E-state index in [0.29, 0.717) is 28.2 Å². The molecule has 26 heavy (non-hydrogen) atoms. The van der Waals surface area contributed by atoms with E-state index in [4.69, 9.17) is 0 Å². The molecule has 1 aromatic heterocycles. The Morgan fingerprint density at radius 3 is 2.42 bits per heavy atom. The fourth-order valence-electron chi connectivity index (χ4n) is 2.89. The first-order chi connectivity index (χ1) is 12.7. The summed E-state index contributed by atoms with van der Waals surface area (Å²) in [6.07, 6.45) is 1.32. The molecule has 1 aliphatic rings. The third-order valence-corrected chi connectivity index (χ3v) is 4.00. The van der Waals surface area contributed by atoms with Gasteiger partial charge in [-0.15, -0.1) is 0 Å². The number of hydrogen-bond donors (Lipinski definition) is 1. The van der Waals surface area contributed by atoms with Crippen molar-refractivity contribution < 1.29 is 14.3 Å². The maximum atomic E-state index is 14.3. The standard InChI is InChI=1S/C18H12FN3O2.C2H6/c19-14-7-3-1-5-11(14)17-12-6-2-4-8-15(12)22-16(10-20-17)13(9-21-22)18(23)24;1-2/h1-9H,10H2,(H,23,24);1-2H3. The Bertz CT molecular complexity index is 992. The second-order valence-corrected chi connectivity index (χ2v) is 5.38. The number of aliphatic imine (C=N–C) groups is 1. The second kappa shape index (κ2) is 7.31. The highest BCUT2D eigenvalue weighted by atomic mass is 19.1. The van der Waals surface area contributed by atoms with Gasteiger partial charge < -0.3 is 5.11 Å². The summed E-state index contributed by atoms with van der Waals surface area (Å²) in [6.45, 7) is 4.11. The van der Waals surface area contributed by atoms with Gasteiger partial charge in [-0.05, 0) is 18.2 Å². The molecule has 2 heterocycles. The molecule has 5 nitrogen and oxygen atoms in total. The molecule has 3 aromatic rings. The monoisotopic (exact) mass is 351 g/mol. The first-order valence-electron chi connectivity index (χ1n) is 8.36. The Morgan fingerprint density at radius 1 is 1.08 bits per heavy atom. The number of carbonyl (C=O) groups is 1. The number of halogens is 1. The highest BCUT2D eigenvalue weighted by Gasteiger charge is 2.24. The molecule has 0 saturated carbocycles. The van der Waals surface area contributed by atoms with E-state index in [2.05, 4.69) is 10.1 Å². The summed E-state index contributed by atoms with van der Waals surface area (Å²) in [6, 6.07) is 13.7. The van der Waals surface area contributed by atoms with Crippen molar-refractivity contribution in [2.24, 2.45) is 4.99 Å². The Kier molecular flexibility index (Phi) is 4.93. The Hall–Kier alpha value is -3.28. The summed E-state index contributed by atoms with van der Waals surface area (Å²) in [7, 11) is 0. The smallest absolute Gasteiger partial charge is 0.339 e. The molecule has 0 fully saturated rings. The molecule has 0 spiro atoms. The number of benzene rings is 2. The zero-order valence-corrected chi connectivity index (χ0v) is 14.5. The van der Waals surface area contributed by atoms with Crippen LogP contribution in [0.3, 0.4) is 0 Å². The van der Waals surface area contributed by atoms with Crippen LogP contribution in [-0.4, -0.2) is 26.6 Å². The molecule has 0 bridgehead atoms. The Balaban J connectivity index is 0.000000948.